The number of carbonyl (C=O) groups excluding carboxylic acids is 2. The van der Waals surface area contributed by atoms with Crippen molar-refractivity contribution < 1.29 is 92.9 Å². The molecule has 0 fully saturated rings. The van der Waals surface area contributed by atoms with E-state index in [1.54, 1.807) is 27.7 Å². The van der Waals surface area contributed by atoms with Crippen molar-refractivity contribution in [1.82, 2.24) is 5.32 Å². The zero-order valence-corrected chi connectivity index (χ0v) is 23.8. The molecular formula is C17H33CsN2O6. The van der Waals surface area contributed by atoms with Crippen molar-refractivity contribution in [1.29, 1.82) is 0 Å². The molecule has 0 saturated heterocycles. The van der Waals surface area contributed by atoms with Gasteiger partial charge < -0.3 is 22.2 Å². The van der Waals surface area contributed by atoms with E-state index in [0.29, 0.717) is 19.4 Å². The summed E-state index contributed by atoms with van der Waals surface area (Å²) in [6.07, 6.45) is 0.453. The quantitative estimate of drug-likeness (QED) is 0.163. The number of amides is 1. The Balaban J connectivity index is -0.00000264. The van der Waals surface area contributed by atoms with Crippen molar-refractivity contribution in [3.8, 4) is 0 Å². The van der Waals surface area contributed by atoms with Gasteiger partial charge in [-0.2, -0.15) is 0 Å². The van der Waals surface area contributed by atoms with E-state index in [1.807, 2.05) is 0 Å². The minimum absolute atomic E-state index is 0. The van der Waals surface area contributed by atoms with E-state index in [4.69, 9.17) is 9.47 Å². The molecule has 0 radical (unpaired) electrons. The zero-order chi connectivity index (χ0) is 19.0. The van der Waals surface area contributed by atoms with Gasteiger partial charge in [-0.15, -0.1) is 0 Å². The fraction of sp³-hybridized carbons (Fsp3) is 0.824. The Bertz CT molecular complexity index is 449. The molecular weight excluding hydrogens is 461 g/mol. The molecule has 1 atom stereocenters. The van der Waals surface area contributed by atoms with E-state index < -0.39 is 34.0 Å². The Morgan fingerprint density at radius 2 is 1.73 bits per heavy atom. The summed E-state index contributed by atoms with van der Waals surface area (Å²) in [4.78, 5) is 34.2. The van der Waals surface area contributed by atoms with E-state index in [2.05, 4.69) is 5.32 Å². The van der Waals surface area contributed by atoms with Crippen molar-refractivity contribution in [3.63, 3.8) is 0 Å². The molecule has 26 heavy (non-hydrogen) atoms. The molecule has 0 aromatic carbocycles. The molecule has 0 rings (SSSR count). The molecule has 9 heteroatoms. The number of hydrogen-bond donors (Lipinski definition) is 1. The second kappa shape index (κ2) is 14.2. The number of nitro groups is 1. The number of nitrogens with zero attached hydrogens (tertiary/aromatic N) is 1. The molecule has 0 aliphatic heterocycles. The van der Waals surface area contributed by atoms with Crippen LogP contribution in [0.4, 0.5) is 4.79 Å². The molecule has 0 heterocycles. The van der Waals surface area contributed by atoms with Crippen molar-refractivity contribution in [3.05, 3.63) is 17.5 Å². The Kier molecular flexibility index (Phi) is 16.9. The van der Waals surface area contributed by atoms with Crippen LogP contribution in [0.1, 0.15) is 60.8 Å². The monoisotopic (exact) mass is 494 g/mol. The van der Waals surface area contributed by atoms with Crippen LogP contribution in [0.5, 0.6) is 0 Å². The number of carbonyl (C=O) groups is 2. The molecule has 0 aliphatic carbocycles. The topological polar surface area (TPSA) is 108 Å². The second-order valence-corrected chi connectivity index (χ2v) is 7.29. The number of nitrogens with one attached hydrogen (secondary N) is 1. The molecule has 1 N–H and O–H groups in total. The largest absolute Gasteiger partial charge is 1.00 e. The van der Waals surface area contributed by atoms with E-state index in [1.165, 1.54) is 13.8 Å². The summed E-state index contributed by atoms with van der Waals surface area (Å²) in [7, 11) is 0. The van der Waals surface area contributed by atoms with Crippen LogP contribution in [-0.2, 0) is 14.3 Å². The number of alkyl carbamates (subject to hydrolysis) is 1. The van der Waals surface area contributed by atoms with E-state index in [0.717, 1.165) is 0 Å². The summed E-state index contributed by atoms with van der Waals surface area (Å²) in [5.41, 5.74) is -1.79. The molecule has 0 aromatic rings. The van der Waals surface area contributed by atoms with E-state index in [9.17, 15) is 19.7 Å². The maximum Gasteiger partial charge on any atom is 1.00 e. The van der Waals surface area contributed by atoms with Gasteiger partial charge in [0.25, 0.3) is 0 Å². The smallest absolute Gasteiger partial charge is 0.466 e. The number of hydrogen-bond acceptors (Lipinski definition) is 6. The van der Waals surface area contributed by atoms with Gasteiger partial charge in [0.15, 0.2) is 0 Å². The first-order valence-corrected chi connectivity index (χ1v) is 8.17. The maximum absolute atomic E-state index is 12.0. The van der Waals surface area contributed by atoms with Crippen LogP contribution in [0.2, 0.25) is 0 Å². The molecule has 0 unspecified atom stereocenters. The molecule has 0 saturated carbocycles. The second-order valence-electron chi connectivity index (χ2n) is 7.29. The molecule has 8 nitrogen and oxygen atoms in total. The summed E-state index contributed by atoms with van der Waals surface area (Å²) in [6, 6.07) is 0. The van der Waals surface area contributed by atoms with Gasteiger partial charge in [-0.3, -0.25) is 14.9 Å². The summed E-state index contributed by atoms with van der Waals surface area (Å²) in [5, 5.41) is 13.7. The summed E-state index contributed by atoms with van der Waals surface area (Å²) < 4.78 is 10.1. The standard InChI is InChI=1S/C16H30N2O6.CH3.Cs/c1-7-23-13(19)12(11-16(5,6)18(21)22)9-8-10-17-14(20)24-15(2,3)4;;/h12H,7-11H2,1-6H3,(H,17,20);1H3;/q;-1;+1/t12-;;/m0../s1. The van der Waals surface area contributed by atoms with Crippen molar-refractivity contribution in [2.24, 2.45) is 5.92 Å². The normalized spacial score (nSPS) is 12.1. The van der Waals surface area contributed by atoms with Crippen LogP contribution < -0.4 is 74.2 Å². The third kappa shape index (κ3) is 14.3. The molecule has 0 aliphatic rings. The van der Waals surface area contributed by atoms with Gasteiger partial charge in [0.2, 0.25) is 5.54 Å². The van der Waals surface area contributed by atoms with E-state index >= 15 is 0 Å². The zero-order valence-electron chi connectivity index (χ0n) is 17.5. The Hall–Kier alpha value is 0.192. The van der Waals surface area contributed by atoms with Crippen LogP contribution in [0.3, 0.4) is 0 Å². The minimum atomic E-state index is -1.21. The summed E-state index contributed by atoms with van der Waals surface area (Å²) in [5.74, 6) is -1.02. The minimum Gasteiger partial charge on any atom is -0.466 e. The number of rotatable bonds is 9. The Labute approximate surface area is 216 Å². The molecule has 148 valence electrons. The van der Waals surface area contributed by atoms with Crippen LogP contribution in [0.15, 0.2) is 0 Å². The third-order valence-corrected chi connectivity index (χ3v) is 3.26. The first kappa shape index (κ1) is 30.9. The number of ether oxygens (including phenoxy) is 2. The predicted octanol–water partition coefficient (Wildman–Crippen LogP) is 0.370. The van der Waals surface area contributed by atoms with Crippen LogP contribution in [0, 0.1) is 23.5 Å². The average molecular weight is 494 g/mol. The SMILES string of the molecule is CCOC(=O)[C@@H](CCCNC(=O)OC(C)(C)C)CC(C)(C)[N+](=O)[O-].[CH3-].[Cs+]. The molecule has 0 spiro atoms. The summed E-state index contributed by atoms with van der Waals surface area (Å²) >= 11 is 0. The fourth-order valence-electron chi connectivity index (χ4n) is 2.09. The third-order valence-electron chi connectivity index (χ3n) is 3.26. The summed E-state index contributed by atoms with van der Waals surface area (Å²) in [6.45, 7) is 10.5. The van der Waals surface area contributed by atoms with Gasteiger partial charge in [-0.25, -0.2) is 4.79 Å². The van der Waals surface area contributed by atoms with E-state index in [-0.39, 0.29) is 89.3 Å². The Morgan fingerprint density at radius 3 is 2.15 bits per heavy atom. The van der Waals surface area contributed by atoms with Crippen LogP contribution >= 0.6 is 0 Å². The van der Waals surface area contributed by atoms with Crippen LogP contribution in [0.25, 0.3) is 0 Å². The van der Waals surface area contributed by atoms with Crippen molar-refractivity contribution >= 4 is 12.1 Å². The first-order valence-electron chi connectivity index (χ1n) is 8.17. The molecule has 0 aromatic heterocycles. The van der Waals surface area contributed by atoms with Gasteiger partial charge in [0.1, 0.15) is 5.60 Å². The maximum atomic E-state index is 12.0. The first-order chi connectivity index (χ1) is 10.9. The van der Waals surface area contributed by atoms with Gasteiger partial charge in [-0.05, 0) is 40.5 Å². The van der Waals surface area contributed by atoms with Gasteiger partial charge in [0, 0.05) is 31.7 Å². The van der Waals surface area contributed by atoms with Crippen LogP contribution in [-0.4, -0.2) is 41.3 Å². The average Bonchev–Trinajstić information content (AvgIpc) is 2.40. The van der Waals surface area contributed by atoms with Gasteiger partial charge in [-0.1, -0.05) is 0 Å². The van der Waals surface area contributed by atoms with Crippen molar-refractivity contribution in [2.75, 3.05) is 13.2 Å². The Morgan fingerprint density at radius 1 is 1.19 bits per heavy atom. The molecule has 1 amide bonds. The van der Waals surface area contributed by atoms with Gasteiger partial charge in [0.05, 0.1) is 12.5 Å². The fourth-order valence-corrected chi connectivity index (χ4v) is 2.09. The predicted molar refractivity (Wildman–Crippen MR) is 95.7 cm³/mol. The van der Waals surface area contributed by atoms with Gasteiger partial charge >= 0.3 is 81.0 Å². The number of esters is 1. The van der Waals surface area contributed by atoms with Crippen molar-refractivity contribution in [2.45, 2.75) is 71.9 Å². The molecule has 0 bridgehead atoms.